The normalized spacial score (nSPS) is 15.7. The van der Waals surface area contributed by atoms with E-state index in [1.165, 1.54) is 5.38 Å². The molecule has 0 aliphatic heterocycles. The Morgan fingerprint density at radius 3 is 2.40 bits per heavy atom. The summed E-state index contributed by atoms with van der Waals surface area (Å²) < 4.78 is 30.0. The topological polar surface area (TPSA) is 94.0 Å². The SMILES string of the molecule is NSc1ccc(Cc2c(-c3cccc(-c4ccccc4)c3)nn(-c3nc(C(=O)O)cs3)c2CC2CC2(F)F)cc1. The number of rotatable bonds is 9. The van der Waals surface area contributed by atoms with Gasteiger partial charge in [-0.1, -0.05) is 60.7 Å². The van der Waals surface area contributed by atoms with E-state index < -0.39 is 17.8 Å². The van der Waals surface area contributed by atoms with Crippen LogP contribution in [0.15, 0.2) is 89.1 Å². The van der Waals surface area contributed by atoms with Crippen LogP contribution in [0.4, 0.5) is 8.78 Å². The highest BCUT2D eigenvalue weighted by molar-refractivity contribution is 7.97. The lowest BCUT2D eigenvalue weighted by Crippen LogP contribution is -2.08. The zero-order chi connectivity index (χ0) is 27.9. The van der Waals surface area contributed by atoms with Gasteiger partial charge in [-0.2, -0.15) is 5.10 Å². The second-order valence-corrected chi connectivity index (χ2v) is 11.3. The van der Waals surface area contributed by atoms with Gasteiger partial charge in [-0.25, -0.2) is 23.2 Å². The summed E-state index contributed by atoms with van der Waals surface area (Å²) in [6.45, 7) is 0. The summed E-state index contributed by atoms with van der Waals surface area (Å²) in [4.78, 5) is 16.7. The van der Waals surface area contributed by atoms with E-state index in [0.29, 0.717) is 22.9 Å². The van der Waals surface area contributed by atoms with Gasteiger partial charge in [0.05, 0.1) is 11.4 Å². The van der Waals surface area contributed by atoms with Gasteiger partial charge in [0.25, 0.3) is 5.92 Å². The molecule has 0 amide bonds. The largest absolute Gasteiger partial charge is 0.476 e. The highest BCUT2D eigenvalue weighted by Crippen LogP contribution is 2.51. The van der Waals surface area contributed by atoms with E-state index in [4.69, 9.17) is 10.2 Å². The maximum atomic E-state index is 14.2. The molecule has 6 nitrogen and oxygen atoms in total. The van der Waals surface area contributed by atoms with E-state index in [0.717, 1.165) is 56.0 Å². The van der Waals surface area contributed by atoms with Crippen molar-refractivity contribution in [1.82, 2.24) is 14.8 Å². The molecule has 2 heterocycles. The van der Waals surface area contributed by atoms with E-state index in [2.05, 4.69) is 4.98 Å². The van der Waals surface area contributed by atoms with E-state index in [-0.39, 0.29) is 18.5 Å². The molecule has 6 rings (SSSR count). The minimum Gasteiger partial charge on any atom is -0.476 e. The first-order valence-electron chi connectivity index (χ1n) is 12.6. The number of carboxylic acid groups (broad SMARTS) is 1. The molecule has 1 aliphatic carbocycles. The molecule has 2 aromatic heterocycles. The average Bonchev–Trinajstić information content (AvgIpc) is 3.29. The molecule has 1 unspecified atom stereocenters. The van der Waals surface area contributed by atoms with Crippen LogP contribution < -0.4 is 5.14 Å². The highest BCUT2D eigenvalue weighted by atomic mass is 32.2. The van der Waals surface area contributed by atoms with Gasteiger partial charge in [0, 0.05) is 40.2 Å². The molecule has 3 aromatic carbocycles. The molecule has 1 aliphatic rings. The predicted octanol–water partition coefficient (Wildman–Crippen LogP) is 7.12. The summed E-state index contributed by atoms with van der Waals surface area (Å²) in [6.07, 6.45) is 0.370. The zero-order valence-corrected chi connectivity index (χ0v) is 22.8. The second-order valence-electron chi connectivity index (χ2n) is 9.76. The van der Waals surface area contributed by atoms with E-state index in [1.807, 2.05) is 78.9 Å². The molecule has 40 heavy (non-hydrogen) atoms. The lowest BCUT2D eigenvalue weighted by atomic mass is 9.95. The number of aromatic nitrogens is 3. The van der Waals surface area contributed by atoms with Gasteiger partial charge in [-0.3, -0.25) is 5.14 Å². The van der Waals surface area contributed by atoms with Crippen LogP contribution in [0.3, 0.4) is 0 Å². The molecule has 5 aromatic rings. The van der Waals surface area contributed by atoms with Crippen molar-refractivity contribution in [2.45, 2.75) is 30.1 Å². The standard InChI is InChI=1S/C30H24F2N4O2S2/c31-30(32)16-22(30)15-26-24(13-18-9-11-23(40-33)12-10-18)27(35-36(26)29-34-25(17-39-29)28(37)38)21-8-4-7-20(14-21)19-5-2-1-3-6-19/h1-12,14,17,22H,13,15-16,33H2,(H,37,38). The number of carbonyl (C=O) groups is 1. The van der Waals surface area contributed by atoms with Crippen molar-refractivity contribution in [3.63, 3.8) is 0 Å². The van der Waals surface area contributed by atoms with Crippen LogP contribution in [0.1, 0.15) is 33.7 Å². The van der Waals surface area contributed by atoms with Crippen LogP contribution in [-0.2, 0) is 12.8 Å². The third kappa shape index (κ3) is 5.30. The van der Waals surface area contributed by atoms with Crippen molar-refractivity contribution < 1.29 is 18.7 Å². The Balaban J connectivity index is 1.52. The number of hydrogen-bond acceptors (Lipinski definition) is 6. The Kier molecular flexibility index (Phi) is 6.99. The molecule has 202 valence electrons. The Morgan fingerprint density at radius 2 is 1.75 bits per heavy atom. The number of benzene rings is 3. The predicted molar refractivity (Wildman–Crippen MR) is 153 cm³/mol. The molecule has 0 saturated heterocycles. The number of hydrogen-bond donors (Lipinski definition) is 2. The van der Waals surface area contributed by atoms with Crippen LogP contribution in [-0.4, -0.2) is 31.8 Å². The fourth-order valence-corrected chi connectivity index (χ4v) is 5.89. The maximum Gasteiger partial charge on any atom is 0.355 e. The lowest BCUT2D eigenvalue weighted by Gasteiger charge is -2.10. The van der Waals surface area contributed by atoms with Crippen LogP contribution in [0.25, 0.3) is 27.5 Å². The lowest BCUT2D eigenvalue weighted by molar-refractivity contribution is 0.0691. The van der Waals surface area contributed by atoms with Crippen LogP contribution in [0.2, 0.25) is 0 Å². The number of nitrogens with zero attached hydrogens (tertiary/aromatic N) is 3. The number of alkyl halides is 2. The van der Waals surface area contributed by atoms with Crippen LogP contribution >= 0.6 is 23.3 Å². The summed E-state index contributed by atoms with van der Waals surface area (Å²) >= 11 is 2.28. The summed E-state index contributed by atoms with van der Waals surface area (Å²) in [5.74, 6) is -4.69. The molecule has 3 N–H and O–H groups in total. The zero-order valence-electron chi connectivity index (χ0n) is 21.1. The summed E-state index contributed by atoms with van der Waals surface area (Å²) in [5.41, 5.74) is 5.84. The minimum absolute atomic E-state index is 0.104. The van der Waals surface area contributed by atoms with Gasteiger partial charge >= 0.3 is 5.97 Å². The third-order valence-corrected chi connectivity index (χ3v) is 8.42. The van der Waals surface area contributed by atoms with Crippen molar-refractivity contribution in [3.8, 4) is 27.5 Å². The Morgan fingerprint density at radius 1 is 1.05 bits per heavy atom. The molecule has 1 fully saturated rings. The summed E-state index contributed by atoms with van der Waals surface area (Å²) in [5, 5.41) is 21.8. The summed E-state index contributed by atoms with van der Waals surface area (Å²) in [7, 11) is 0. The molecule has 0 radical (unpaired) electrons. The summed E-state index contributed by atoms with van der Waals surface area (Å²) in [6, 6.07) is 25.7. The molecule has 0 bridgehead atoms. The fraction of sp³-hybridized carbons (Fsp3) is 0.167. The number of carboxylic acids is 1. The highest BCUT2D eigenvalue weighted by Gasteiger charge is 2.57. The van der Waals surface area contributed by atoms with Crippen molar-refractivity contribution in [2.24, 2.45) is 11.1 Å². The third-order valence-electron chi connectivity index (χ3n) is 7.06. The Bertz CT molecular complexity index is 1680. The smallest absolute Gasteiger partial charge is 0.355 e. The van der Waals surface area contributed by atoms with Crippen molar-refractivity contribution in [1.29, 1.82) is 0 Å². The van der Waals surface area contributed by atoms with Crippen LogP contribution in [0.5, 0.6) is 0 Å². The number of halogens is 2. The van der Waals surface area contributed by atoms with Gasteiger partial charge < -0.3 is 5.11 Å². The van der Waals surface area contributed by atoms with E-state index in [9.17, 15) is 18.7 Å². The van der Waals surface area contributed by atoms with Gasteiger partial charge in [0.1, 0.15) is 0 Å². The second kappa shape index (κ2) is 10.6. The first kappa shape index (κ1) is 26.4. The first-order valence-corrected chi connectivity index (χ1v) is 14.4. The molecule has 0 spiro atoms. The molecular formula is C30H24F2N4O2S2. The van der Waals surface area contributed by atoms with Gasteiger partial charge in [-0.05, 0) is 53.3 Å². The molecule has 1 atom stereocenters. The van der Waals surface area contributed by atoms with Gasteiger partial charge in [0.15, 0.2) is 5.69 Å². The van der Waals surface area contributed by atoms with E-state index >= 15 is 0 Å². The first-order chi connectivity index (χ1) is 19.3. The average molecular weight is 575 g/mol. The molecule has 10 heteroatoms. The molecule has 1 saturated carbocycles. The van der Waals surface area contributed by atoms with Crippen molar-refractivity contribution in [2.75, 3.05) is 0 Å². The van der Waals surface area contributed by atoms with Crippen molar-refractivity contribution >= 4 is 29.3 Å². The fourth-order valence-electron chi connectivity index (χ4n) is 4.82. The quantitative estimate of drug-likeness (QED) is 0.182. The van der Waals surface area contributed by atoms with Crippen LogP contribution in [0, 0.1) is 5.92 Å². The Labute approximate surface area is 237 Å². The van der Waals surface area contributed by atoms with Gasteiger partial charge in [-0.15, -0.1) is 11.3 Å². The maximum absolute atomic E-state index is 14.2. The Hall–Kier alpha value is -3.86. The minimum atomic E-state index is -2.73. The molecular weight excluding hydrogens is 550 g/mol. The number of thiazole rings is 1. The van der Waals surface area contributed by atoms with Crippen molar-refractivity contribution in [3.05, 3.63) is 107 Å². The number of aromatic carboxylic acids is 1. The number of nitrogens with two attached hydrogens (primary N) is 1. The monoisotopic (exact) mass is 574 g/mol. The van der Waals surface area contributed by atoms with E-state index in [1.54, 1.807) is 4.68 Å². The van der Waals surface area contributed by atoms with Gasteiger partial charge in [0.2, 0.25) is 5.13 Å².